The van der Waals surface area contributed by atoms with Gasteiger partial charge in [-0.05, 0) is 70.0 Å². The molecule has 2 aromatic carbocycles. The summed E-state index contributed by atoms with van der Waals surface area (Å²) in [7, 11) is 0. The van der Waals surface area contributed by atoms with E-state index >= 15 is 0 Å². The van der Waals surface area contributed by atoms with Crippen LogP contribution in [0.15, 0.2) is 78.0 Å². The number of amides is 1. The Morgan fingerprint density at radius 1 is 0.909 bits per heavy atom. The highest BCUT2D eigenvalue weighted by Gasteiger charge is 2.26. The summed E-state index contributed by atoms with van der Waals surface area (Å²) in [5.41, 5.74) is 2.64. The van der Waals surface area contributed by atoms with Crippen LogP contribution in [0.4, 0.5) is 4.79 Å². The first-order valence-corrected chi connectivity index (χ1v) is 10.9. The van der Waals surface area contributed by atoms with Crippen LogP contribution in [0.1, 0.15) is 40.2 Å². The predicted octanol–water partition coefficient (Wildman–Crippen LogP) is 5.75. The summed E-state index contributed by atoms with van der Waals surface area (Å²) in [5.74, 6) is 0. The third-order valence-electron chi connectivity index (χ3n) is 5.52. The van der Waals surface area contributed by atoms with Crippen molar-refractivity contribution < 1.29 is 9.53 Å². The molecule has 0 saturated carbocycles. The Hall–Kier alpha value is -3.80. The number of nitrogens with one attached hydrogen (secondary N) is 2. The van der Waals surface area contributed by atoms with E-state index in [0.717, 1.165) is 27.8 Å². The molecular weight excluding hydrogens is 414 g/mol. The smallest absolute Gasteiger partial charge is 0.408 e. The van der Waals surface area contributed by atoms with Crippen molar-refractivity contribution in [1.29, 1.82) is 0 Å². The summed E-state index contributed by atoms with van der Waals surface area (Å²) >= 11 is 0. The maximum Gasteiger partial charge on any atom is 0.408 e. The molecule has 170 valence electrons. The topological polar surface area (TPSA) is 76.1 Å². The van der Waals surface area contributed by atoms with Gasteiger partial charge in [0.15, 0.2) is 0 Å². The fourth-order valence-electron chi connectivity index (χ4n) is 3.95. The monoisotopic (exact) mass is 443 g/mol. The Balaban J connectivity index is 1.73. The van der Waals surface area contributed by atoms with E-state index in [1.165, 1.54) is 0 Å². The minimum Gasteiger partial charge on any atom is -0.444 e. The summed E-state index contributed by atoms with van der Waals surface area (Å²) in [6.45, 7) is 9.41. The fraction of sp³-hybridized carbons (Fsp3) is 0.259. The fourth-order valence-corrected chi connectivity index (χ4v) is 3.95. The molecule has 0 aliphatic carbocycles. The molecule has 0 unspecified atom stereocenters. The van der Waals surface area contributed by atoms with Gasteiger partial charge in [0, 0.05) is 34.9 Å². The van der Waals surface area contributed by atoms with Crippen LogP contribution in [0.25, 0.3) is 27.6 Å². The molecule has 2 N–H and O–H groups in total. The molecule has 4 aromatic rings. The number of fused-ring (bicyclic) bond motifs is 1. The van der Waals surface area contributed by atoms with Gasteiger partial charge in [-0.15, -0.1) is 0 Å². The number of H-pyrrole nitrogens is 1. The van der Waals surface area contributed by atoms with Crippen LogP contribution in [0, 0.1) is 0 Å². The maximum atomic E-state index is 12.4. The SMILES string of the molecule is CC(C)(C)OC(=O)NC(C)(C)c1ccc(-c2ccc3c(=O)[nH]ccc3c2-n2cccc2)cc1. The first kappa shape index (κ1) is 22.4. The van der Waals surface area contributed by atoms with Crippen molar-refractivity contribution >= 4 is 16.9 Å². The van der Waals surface area contributed by atoms with Gasteiger partial charge in [0.25, 0.3) is 5.56 Å². The quantitative estimate of drug-likeness (QED) is 0.422. The van der Waals surface area contributed by atoms with E-state index in [1.807, 2.05) is 106 Å². The molecule has 2 heterocycles. The molecule has 0 bridgehead atoms. The number of pyridine rings is 1. The van der Waals surface area contributed by atoms with Gasteiger partial charge >= 0.3 is 6.09 Å². The Labute approximate surface area is 193 Å². The summed E-state index contributed by atoms with van der Waals surface area (Å²) < 4.78 is 7.44. The molecular formula is C27H29N3O3. The first-order chi connectivity index (χ1) is 15.5. The van der Waals surface area contributed by atoms with Gasteiger partial charge in [0.2, 0.25) is 0 Å². The van der Waals surface area contributed by atoms with E-state index in [2.05, 4.69) is 10.3 Å². The lowest BCUT2D eigenvalue weighted by molar-refractivity contribution is 0.0470. The number of alkyl carbamates (subject to hydrolysis) is 1. The van der Waals surface area contributed by atoms with E-state index in [-0.39, 0.29) is 5.56 Å². The van der Waals surface area contributed by atoms with Crippen LogP contribution >= 0.6 is 0 Å². The first-order valence-electron chi connectivity index (χ1n) is 10.9. The summed E-state index contributed by atoms with van der Waals surface area (Å²) in [6.07, 6.45) is 5.17. The molecule has 6 nitrogen and oxygen atoms in total. The number of carbonyl (C=O) groups is 1. The standard InChI is InChI=1S/C27H29N3O3/c1-26(2,3)33-25(32)29-27(4,5)19-10-8-18(9-11-19)20-12-13-22-21(14-15-28-24(22)31)23(20)30-16-6-7-17-30/h6-17H,1-5H3,(H,28,31)(H,29,32). The van der Waals surface area contributed by atoms with E-state index in [4.69, 9.17) is 4.74 Å². The highest BCUT2D eigenvalue weighted by atomic mass is 16.6. The average Bonchev–Trinajstić information content (AvgIpc) is 3.26. The van der Waals surface area contributed by atoms with E-state index in [0.29, 0.717) is 5.39 Å². The largest absolute Gasteiger partial charge is 0.444 e. The van der Waals surface area contributed by atoms with Crippen LogP contribution in [0.3, 0.4) is 0 Å². The molecule has 0 aliphatic heterocycles. The number of aromatic nitrogens is 2. The van der Waals surface area contributed by atoms with Gasteiger partial charge in [0.1, 0.15) is 5.60 Å². The molecule has 0 aliphatic rings. The molecule has 0 spiro atoms. The summed E-state index contributed by atoms with van der Waals surface area (Å²) in [4.78, 5) is 27.4. The van der Waals surface area contributed by atoms with Crippen molar-refractivity contribution in [1.82, 2.24) is 14.9 Å². The Kier molecular flexibility index (Phi) is 5.62. The molecule has 0 radical (unpaired) electrons. The van der Waals surface area contributed by atoms with Crippen molar-refractivity contribution in [3.63, 3.8) is 0 Å². The number of carbonyl (C=O) groups excluding carboxylic acids is 1. The normalized spacial score (nSPS) is 12.0. The second-order valence-corrected chi connectivity index (χ2v) is 9.65. The van der Waals surface area contributed by atoms with Crippen molar-refractivity contribution in [2.45, 2.75) is 45.8 Å². The molecule has 4 rings (SSSR count). The number of benzene rings is 2. The predicted molar refractivity (Wildman–Crippen MR) is 132 cm³/mol. The summed E-state index contributed by atoms with van der Waals surface area (Å²) in [5, 5.41) is 4.47. The zero-order valence-corrected chi connectivity index (χ0v) is 19.6. The number of ether oxygens (including phenoxy) is 1. The second-order valence-electron chi connectivity index (χ2n) is 9.65. The number of nitrogens with zero attached hydrogens (tertiary/aromatic N) is 1. The van der Waals surface area contributed by atoms with E-state index < -0.39 is 17.2 Å². The molecule has 33 heavy (non-hydrogen) atoms. The molecule has 1 amide bonds. The number of hydrogen-bond donors (Lipinski definition) is 2. The zero-order valence-electron chi connectivity index (χ0n) is 19.6. The lowest BCUT2D eigenvalue weighted by Crippen LogP contribution is -2.43. The third-order valence-corrected chi connectivity index (χ3v) is 5.52. The van der Waals surface area contributed by atoms with Crippen molar-refractivity contribution in [3.8, 4) is 16.8 Å². The van der Waals surface area contributed by atoms with Gasteiger partial charge in [-0.25, -0.2) is 4.79 Å². The Bertz CT molecular complexity index is 1340. The third kappa shape index (κ3) is 4.70. The molecule has 0 saturated heterocycles. The molecule has 6 heteroatoms. The van der Waals surface area contributed by atoms with Gasteiger partial charge < -0.3 is 19.6 Å². The Morgan fingerprint density at radius 3 is 2.21 bits per heavy atom. The average molecular weight is 444 g/mol. The van der Waals surface area contributed by atoms with Crippen LogP contribution < -0.4 is 10.9 Å². The van der Waals surface area contributed by atoms with Crippen molar-refractivity contribution in [3.05, 3.63) is 89.1 Å². The van der Waals surface area contributed by atoms with Crippen LogP contribution in [-0.4, -0.2) is 21.2 Å². The minimum atomic E-state index is -0.610. The minimum absolute atomic E-state index is 0.113. The zero-order chi connectivity index (χ0) is 23.8. The highest BCUT2D eigenvalue weighted by Crippen LogP contribution is 2.33. The maximum absolute atomic E-state index is 12.4. The highest BCUT2D eigenvalue weighted by molar-refractivity contribution is 5.96. The van der Waals surface area contributed by atoms with Gasteiger partial charge in [-0.1, -0.05) is 30.3 Å². The summed E-state index contributed by atoms with van der Waals surface area (Å²) in [6, 6.07) is 17.8. The Morgan fingerprint density at radius 2 is 1.58 bits per heavy atom. The van der Waals surface area contributed by atoms with Crippen molar-refractivity contribution in [2.75, 3.05) is 0 Å². The van der Waals surface area contributed by atoms with Crippen molar-refractivity contribution in [2.24, 2.45) is 0 Å². The van der Waals surface area contributed by atoms with Gasteiger partial charge in [0.05, 0.1) is 11.2 Å². The lowest BCUT2D eigenvalue weighted by atomic mass is 9.91. The number of hydrogen-bond acceptors (Lipinski definition) is 3. The van der Waals surface area contributed by atoms with Gasteiger partial charge in [-0.2, -0.15) is 0 Å². The van der Waals surface area contributed by atoms with Crippen LogP contribution in [-0.2, 0) is 10.3 Å². The molecule has 0 fully saturated rings. The number of rotatable bonds is 4. The lowest BCUT2D eigenvalue weighted by Gasteiger charge is -2.29. The molecule has 2 aromatic heterocycles. The molecule has 0 atom stereocenters. The van der Waals surface area contributed by atoms with E-state index in [9.17, 15) is 9.59 Å². The van der Waals surface area contributed by atoms with Crippen LogP contribution in [0.2, 0.25) is 0 Å². The van der Waals surface area contributed by atoms with E-state index in [1.54, 1.807) is 6.20 Å². The number of aromatic amines is 1. The second kappa shape index (κ2) is 8.28. The van der Waals surface area contributed by atoms with Crippen LogP contribution in [0.5, 0.6) is 0 Å². The van der Waals surface area contributed by atoms with Gasteiger partial charge in [-0.3, -0.25) is 4.79 Å².